The molecular formula is C72H117O11P. The van der Waals surface area contributed by atoms with E-state index in [0.717, 1.165) is 193 Å². The van der Waals surface area contributed by atoms with Crippen LogP contribution in [0.25, 0.3) is 0 Å². The highest BCUT2D eigenvalue weighted by Crippen LogP contribution is 2.43. The quantitative estimate of drug-likeness (QED) is 0.0197. The van der Waals surface area contributed by atoms with Crippen molar-refractivity contribution >= 4 is 25.7 Å². The standard InChI is InChI=1S/C72H117O11P/c1-4-7-10-13-16-19-22-25-28-31-34-37-40-43-46-49-52-55-58-61-70(74)79-65-69(83-72(76)63-60-57-54-51-48-45-42-39-36-33-30-27-24-21-18-15-12-9-6-3)67-81-84(77,78)80-66-68(64-73)82-71(75)62-59-56-53-50-47-44-41-38-35-32-29-26-23-20-17-14-11-8-5-2/h7-12,16-21,25-30,34-39,68-69,73H,4-6,13-15,22-24,31-33,40-67H2,1-3H3,(H,77,78)/b10-7-,11-8-,12-9-,19-16-,20-17-,21-18-,28-25-,29-26-,30-27-,37-34-,38-35-,39-36-. The Morgan fingerprint density at radius 2 is 0.583 bits per heavy atom. The van der Waals surface area contributed by atoms with Gasteiger partial charge in [0, 0.05) is 19.3 Å². The number of rotatable bonds is 59. The summed E-state index contributed by atoms with van der Waals surface area (Å²) < 4.78 is 39.7. The minimum atomic E-state index is -4.78. The van der Waals surface area contributed by atoms with Crippen LogP contribution in [0.5, 0.6) is 0 Å². The average molecular weight is 1190 g/mol. The van der Waals surface area contributed by atoms with Crippen molar-refractivity contribution in [2.45, 2.75) is 264 Å². The highest BCUT2D eigenvalue weighted by atomic mass is 31.2. The van der Waals surface area contributed by atoms with Gasteiger partial charge in [-0.3, -0.25) is 23.4 Å². The molecule has 3 unspecified atom stereocenters. The molecule has 0 saturated heterocycles. The Balaban J connectivity index is 4.78. The Hall–Kier alpha value is -4.64. The predicted molar refractivity (Wildman–Crippen MR) is 352 cm³/mol. The zero-order valence-electron chi connectivity index (χ0n) is 52.8. The Labute approximate surface area is 512 Å². The van der Waals surface area contributed by atoms with E-state index in [1.54, 1.807) is 0 Å². The second kappa shape index (κ2) is 64.4. The molecule has 0 aliphatic rings. The number of hydrogen-bond acceptors (Lipinski definition) is 10. The van der Waals surface area contributed by atoms with Gasteiger partial charge in [0.15, 0.2) is 6.10 Å². The first-order chi connectivity index (χ1) is 41.2. The summed E-state index contributed by atoms with van der Waals surface area (Å²) in [7, 11) is -4.78. The number of phosphoric acid groups is 1. The predicted octanol–water partition coefficient (Wildman–Crippen LogP) is 20.3. The molecule has 0 amide bonds. The lowest BCUT2D eigenvalue weighted by atomic mass is 10.1. The van der Waals surface area contributed by atoms with Gasteiger partial charge in [0.1, 0.15) is 12.7 Å². The molecule has 2 N–H and O–H groups in total. The van der Waals surface area contributed by atoms with E-state index < -0.39 is 57.8 Å². The van der Waals surface area contributed by atoms with Crippen LogP contribution >= 0.6 is 7.82 Å². The van der Waals surface area contributed by atoms with E-state index in [2.05, 4.69) is 167 Å². The zero-order chi connectivity index (χ0) is 61.2. The van der Waals surface area contributed by atoms with E-state index in [0.29, 0.717) is 19.3 Å². The molecule has 476 valence electrons. The van der Waals surface area contributed by atoms with Gasteiger partial charge in [-0.2, -0.15) is 0 Å². The summed E-state index contributed by atoms with van der Waals surface area (Å²) in [5.74, 6) is -1.52. The molecule has 0 fully saturated rings. The van der Waals surface area contributed by atoms with Crippen molar-refractivity contribution in [2.75, 3.05) is 26.4 Å². The number of esters is 3. The van der Waals surface area contributed by atoms with E-state index in [1.165, 1.54) is 0 Å². The molecule has 11 nitrogen and oxygen atoms in total. The number of aliphatic hydroxyl groups is 1. The van der Waals surface area contributed by atoms with Crippen LogP contribution in [0.15, 0.2) is 146 Å². The molecule has 0 saturated carbocycles. The van der Waals surface area contributed by atoms with Crippen LogP contribution in [0.1, 0.15) is 252 Å². The SMILES string of the molecule is CC/C=C\C/C=C\C/C=C\C/C=C\CCCCCCCCC(=O)OCC(COP(=O)(O)OCC(CO)OC(=O)CCCCCCCC/C=C\C/C=C\C/C=C\C/C=C\CC)OC(=O)CCCCCCCC/C=C\C/C=C\C/C=C\C/C=C\CC. The molecule has 0 rings (SSSR count). The monoisotopic (exact) mass is 1190 g/mol. The summed E-state index contributed by atoms with van der Waals surface area (Å²) in [6.07, 6.45) is 83.6. The summed E-state index contributed by atoms with van der Waals surface area (Å²) in [4.78, 5) is 48.9. The molecule has 84 heavy (non-hydrogen) atoms. The van der Waals surface area contributed by atoms with Crippen molar-refractivity contribution in [3.05, 3.63) is 146 Å². The van der Waals surface area contributed by atoms with Crippen LogP contribution in [0, 0.1) is 0 Å². The molecule has 3 atom stereocenters. The van der Waals surface area contributed by atoms with Gasteiger partial charge in [-0.05, 0) is 135 Å². The maximum atomic E-state index is 13.0. The fourth-order valence-corrected chi connectivity index (χ4v) is 9.17. The molecule has 0 bridgehead atoms. The number of phosphoric ester groups is 1. The van der Waals surface area contributed by atoms with Gasteiger partial charge in [-0.15, -0.1) is 0 Å². The molecule has 0 heterocycles. The fraction of sp³-hybridized carbons (Fsp3) is 0.625. The van der Waals surface area contributed by atoms with Crippen LogP contribution in [0.2, 0.25) is 0 Å². The summed E-state index contributed by atoms with van der Waals surface area (Å²) in [6, 6.07) is 0. The largest absolute Gasteiger partial charge is 0.472 e. The molecule has 0 radical (unpaired) electrons. The zero-order valence-corrected chi connectivity index (χ0v) is 53.7. The van der Waals surface area contributed by atoms with Crippen molar-refractivity contribution in [3.63, 3.8) is 0 Å². The summed E-state index contributed by atoms with van der Waals surface area (Å²) in [5.41, 5.74) is 0. The third-order valence-electron chi connectivity index (χ3n) is 13.2. The van der Waals surface area contributed by atoms with Gasteiger partial charge >= 0.3 is 25.7 Å². The van der Waals surface area contributed by atoms with Crippen LogP contribution in [0.4, 0.5) is 0 Å². The number of unbranched alkanes of at least 4 members (excludes halogenated alkanes) is 18. The first kappa shape index (κ1) is 79.4. The van der Waals surface area contributed by atoms with E-state index in [-0.39, 0.29) is 25.9 Å². The van der Waals surface area contributed by atoms with Gasteiger partial charge in [-0.25, -0.2) is 4.57 Å². The van der Waals surface area contributed by atoms with Gasteiger partial charge < -0.3 is 24.2 Å². The maximum Gasteiger partial charge on any atom is 0.472 e. The smallest absolute Gasteiger partial charge is 0.462 e. The molecule has 0 aliphatic heterocycles. The minimum absolute atomic E-state index is 0.139. The van der Waals surface area contributed by atoms with Crippen LogP contribution in [0.3, 0.4) is 0 Å². The fourth-order valence-electron chi connectivity index (χ4n) is 8.39. The van der Waals surface area contributed by atoms with Gasteiger partial charge in [0.2, 0.25) is 0 Å². The summed E-state index contributed by atoms with van der Waals surface area (Å²) in [6.45, 7) is 4.27. The van der Waals surface area contributed by atoms with Gasteiger partial charge in [0.25, 0.3) is 0 Å². The molecule has 0 spiro atoms. The molecule has 0 aromatic rings. The Kier molecular flexibility index (Phi) is 60.8. The second-order valence-electron chi connectivity index (χ2n) is 21.1. The second-order valence-corrected chi connectivity index (χ2v) is 22.6. The van der Waals surface area contributed by atoms with Crippen molar-refractivity contribution in [2.24, 2.45) is 0 Å². The molecular weight excluding hydrogens is 1070 g/mol. The number of aliphatic hydroxyl groups excluding tert-OH is 1. The van der Waals surface area contributed by atoms with Gasteiger partial charge in [0.05, 0.1) is 19.8 Å². The molecule has 0 aromatic heterocycles. The number of carbonyl (C=O) groups excluding carboxylic acids is 3. The lowest BCUT2D eigenvalue weighted by Crippen LogP contribution is -2.30. The highest BCUT2D eigenvalue weighted by molar-refractivity contribution is 7.47. The number of allylic oxidation sites excluding steroid dienone is 24. The molecule has 0 aromatic carbocycles. The average Bonchev–Trinajstić information content (AvgIpc) is 3.55. The molecule has 0 aliphatic carbocycles. The van der Waals surface area contributed by atoms with E-state index in [9.17, 15) is 28.9 Å². The topological polar surface area (TPSA) is 155 Å². The number of hydrogen-bond donors (Lipinski definition) is 2. The van der Waals surface area contributed by atoms with Crippen LogP contribution in [-0.4, -0.2) is 66.5 Å². The van der Waals surface area contributed by atoms with Crippen LogP contribution in [-0.2, 0) is 42.2 Å². The summed E-state index contributed by atoms with van der Waals surface area (Å²) >= 11 is 0. The Morgan fingerprint density at radius 1 is 0.333 bits per heavy atom. The molecule has 12 heteroatoms. The third-order valence-corrected chi connectivity index (χ3v) is 14.2. The third kappa shape index (κ3) is 61.9. The van der Waals surface area contributed by atoms with Crippen molar-refractivity contribution < 1.29 is 52.2 Å². The van der Waals surface area contributed by atoms with Crippen molar-refractivity contribution in [1.82, 2.24) is 0 Å². The van der Waals surface area contributed by atoms with Crippen molar-refractivity contribution in [3.8, 4) is 0 Å². The normalized spacial score (nSPS) is 14.2. The van der Waals surface area contributed by atoms with E-state index in [1.807, 2.05) is 0 Å². The highest BCUT2D eigenvalue weighted by Gasteiger charge is 2.28. The number of ether oxygens (including phenoxy) is 3. The lowest BCUT2D eigenvalue weighted by Gasteiger charge is -2.21. The van der Waals surface area contributed by atoms with Crippen LogP contribution < -0.4 is 0 Å². The first-order valence-electron chi connectivity index (χ1n) is 32.7. The Morgan fingerprint density at radius 3 is 0.893 bits per heavy atom. The van der Waals surface area contributed by atoms with Crippen molar-refractivity contribution in [1.29, 1.82) is 0 Å². The maximum absolute atomic E-state index is 13.0. The minimum Gasteiger partial charge on any atom is -0.462 e. The number of carbonyl (C=O) groups is 3. The first-order valence-corrected chi connectivity index (χ1v) is 34.2. The summed E-state index contributed by atoms with van der Waals surface area (Å²) in [5, 5.41) is 9.87. The van der Waals surface area contributed by atoms with E-state index >= 15 is 0 Å². The van der Waals surface area contributed by atoms with Gasteiger partial charge in [-0.1, -0.05) is 244 Å². The lowest BCUT2D eigenvalue weighted by molar-refractivity contribution is -0.161. The van der Waals surface area contributed by atoms with E-state index in [4.69, 9.17) is 23.3 Å². The Bertz CT molecular complexity index is 1970.